The number of benzene rings is 1. The van der Waals surface area contributed by atoms with Crippen LogP contribution in [0.3, 0.4) is 0 Å². The number of rotatable bonds is 6. The van der Waals surface area contributed by atoms with Gasteiger partial charge >= 0.3 is 0 Å². The van der Waals surface area contributed by atoms with Crippen LogP contribution in [0.25, 0.3) is 0 Å². The standard InChI is InChI=1S/C14H15Br2NO3/c1-17-7-9-3-4-10(20-9)8-19-14-6-11(15)13(18-2)5-12(14)16/h3-6,17H,7-8H2,1-2H3. The number of halogens is 2. The topological polar surface area (TPSA) is 43.6 Å². The minimum absolute atomic E-state index is 0.376. The van der Waals surface area contributed by atoms with Crippen molar-refractivity contribution in [3.05, 3.63) is 44.7 Å². The van der Waals surface area contributed by atoms with Crippen molar-refractivity contribution in [3.63, 3.8) is 0 Å². The van der Waals surface area contributed by atoms with Gasteiger partial charge in [-0.1, -0.05) is 0 Å². The highest BCUT2D eigenvalue weighted by Crippen LogP contribution is 2.36. The van der Waals surface area contributed by atoms with E-state index in [-0.39, 0.29) is 0 Å². The Balaban J connectivity index is 2.04. The quantitative estimate of drug-likeness (QED) is 0.786. The predicted octanol–water partition coefficient (Wildman–Crippen LogP) is 4.11. The fraction of sp³-hybridized carbons (Fsp3) is 0.286. The van der Waals surface area contributed by atoms with E-state index in [0.717, 1.165) is 32.0 Å². The molecule has 1 aromatic heterocycles. The lowest BCUT2D eigenvalue weighted by Gasteiger charge is -2.10. The number of furan rings is 1. The number of ether oxygens (including phenoxy) is 2. The van der Waals surface area contributed by atoms with E-state index in [2.05, 4.69) is 37.2 Å². The molecule has 1 aromatic carbocycles. The Morgan fingerprint density at radius 3 is 2.45 bits per heavy atom. The van der Waals surface area contributed by atoms with Crippen LogP contribution in [-0.4, -0.2) is 14.2 Å². The molecule has 0 aliphatic carbocycles. The van der Waals surface area contributed by atoms with Gasteiger partial charge in [0.05, 0.1) is 22.6 Å². The van der Waals surface area contributed by atoms with E-state index in [4.69, 9.17) is 13.9 Å². The van der Waals surface area contributed by atoms with Crippen LogP contribution in [0.4, 0.5) is 0 Å². The molecule has 0 aliphatic heterocycles. The summed E-state index contributed by atoms with van der Waals surface area (Å²) in [5, 5.41) is 3.04. The molecule has 108 valence electrons. The first-order valence-corrected chi connectivity index (χ1v) is 7.60. The van der Waals surface area contributed by atoms with Gasteiger partial charge in [0, 0.05) is 0 Å². The maximum atomic E-state index is 5.75. The number of methoxy groups -OCH3 is 1. The van der Waals surface area contributed by atoms with Crippen LogP contribution in [-0.2, 0) is 13.2 Å². The second kappa shape index (κ2) is 7.15. The SMILES string of the molecule is CNCc1ccc(COc2cc(Br)c(OC)cc2Br)o1. The first-order valence-electron chi connectivity index (χ1n) is 6.02. The fourth-order valence-electron chi connectivity index (χ4n) is 1.70. The van der Waals surface area contributed by atoms with Crippen LogP contribution in [0.15, 0.2) is 37.6 Å². The molecule has 0 atom stereocenters. The molecule has 2 aromatic rings. The van der Waals surface area contributed by atoms with Crippen molar-refractivity contribution in [3.8, 4) is 11.5 Å². The van der Waals surface area contributed by atoms with Crippen molar-refractivity contribution in [1.29, 1.82) is 0 Å². The molecular weight excluding hydrogens is 390 g/mol. The van der Waals surface area contributed by atoms with E-state index in [9.17, 15) is 0 Å². The summed E-state index contributed by atoms with van der Waals surface area (Å²) in [7, 11) is 3.50. The molecule has 0 radical (unpaired) electrons. The molecule has 6 heteroatoms. The van der Waals surface area contributed by atoms with Crippen molar-refractivity contribution >= 4 is 31.9 Å². The van der Waals surface area contributed by atoms with Crippen LogP contribution < -0.4 is 14.8 Å². The second-order valence-electron chi connectivity index (χ2n) is 4.10. The van der Waals surface area contributed by atoms with Gasteiger partial charge in [-0.05, 0) is 63.2 Å². The largest absolute Gasteiger partial charge is 0.496 e. The van der Waals surface area contributed by atoms with Crippen molar-refractivity contribution in [2.75, 3.05) is 14.2 Å². The van der Waals surface area contributed by atoms with Crippen LogP contribution in [0.5, 0.6) is 11.5 Å². The summed E-state index contributed by atoms with van der Waals surface area (Å²) in [6, 6.07) is 7.57. The Morgan fingerprint density at radius 1 is 1.10 bits per heavy atom. The van der Waals surface area contributed by atoms with Crippen LogP contribution in [0.2, 0.25) is 0 Å². The van der Waals surface area contributed by atoms with Crippen molar-refractivity contribution in [1.82, 2.24) is 5.32 Å². The third kappa shape index (κ3) is 3.77. The molecule has 0 unspecified atom stereocenters. The van der Waals surface area contributed by atoms with Crippen LogP contribution in [0, 0.1) is 0 Å². The van der Waals surface area contributed by atoms with Crippen molar-refractivity contribution < 1.29 is 13.9 Å². The van der Waals surface area contributed by atoms with E-state index >= 15 is 0 Å². The minimum Gasteiger partial charge on any atom is -0.496 e. The monoisotopic (exact) mass is 403 g/mol. The summed E-state index contributed by atoms with van der Waals surface area (Å²) in [6.45, 7) is 1.08. The molecular formula is C14H15Br2NO3. The molecule has 1 heterocycles. The lowest BCUT2D eigenvalue weighted by Crippen LogP contribution is -2.03. The molecule has 0 bridgehead atoms. The van der Waals surface area contributed by atoms with E-state index in [1.54, 1.807) is 7.11 Å². The van der Waals surface area contributed by atoms with Gasteiger partial charge in [-0.2, -0.15) is 0 Å². The highest BCUT2D eigenvalue weighted by Gasteiger charge is 2.09. The van der Waals surface area contributed by atoms with Gasteiger partial charge in [-0.25, -0.2) is 0 Å². The zero-order chi connectivity index (χ0) is 14.5. The van der Waals surface area contributed by atoms with E-state index < -0.39 is 0 Å². The maximum absolute atomic E-state index is 5.75. The molecule has 0 aliphatic rings. The number of hydrogen-bond donors (Lipinski definition) is 1. The normalized spacial score (nSPS) is 10.6. The molecule has 0 saturated heterocycles. The summed E-state index contributed by atoms with van der Waals surface area (Å²) >= 11 is 6.89. The van der Waals surface area contributed by atoms with Gasteiger partial charge in [0.25, 0.3) is 0 Å². The number of nitrogens with one attached hydrogen (secondary N) is 1. The summed E-state index contributed by atoms with van der Waals surface area (Å²) in [4.78, 5) is 0. The minimum atomic E-state index is 0.376. The van der Waals surface area contributed by atoms with Crippen molar-refractivity contribution in [2.45, 2.75) is 13.2 Å². The Hall–Kier alpha value is -0.980. The summed E-state index contributed by atoms with van der Waals surface area (Å²) in [5.74, 6) is 3.15. The third-order valence-electron chi connectivity index (χ3n) is 2.64. The second-order valence-corrected chi connectivity index (χ2v) is 5.81. The molecule has 1 N–H and O–H groups in total. The summed E-state index contributed by atoms with van der Waals surface area (Å²) < 4.78 is 18.3. The first-order chi connectivity index (χ1) is 9.63. The van der Waals surface area contributed by atoms with Crippen LogP contribution >= 0.6 is 31.9 Å². The number of hydrogen-bond acceptors (Lipinski definition) is 4. The highest BCUT2D eigenvalue weighted by atomic mass is 79.9. The van der Waals surface area contributed by atoms with E-state index in [1.807, 2.05) is 31.3 Å². The average Bonchev–Trinajstić information content (AvgIpc) is 2.87. The highest BCUT2D eigenvalue weighted by molar-refractivity contribution is 9.11. The molecule has 2 rings (SSSR count). The zero-order valence-electron chi connectivity index (χ0n) is 11.2. The van der Waals surface area contributed by atoms with E-state index in [0.29, 0.717) is 13.2 Å². The van der Waals surface area contributed by atoms with Gasteiger partial charge in [0.2, 0.25) is 0 Å². The van der Waals surface area contributed by atoms with Gasteiger partial charge in [0.15, 0.2) is 0 Å². The summed E-state index contributed by atoms with van der Waals surface area (Å²) in [6.07, 6.45) is 0. The Bertz CT molecular complexity index is 584. The van der Waals surface area contributed by atoms with Gasteiger partial charge in [0.1, 0.15) is 29.6 Å². The van der Waals surface area contributed by atoms with Gasteiger partial charge in [-0.15, -0.1) is 0 Å². The van der Waals surface area contributed by atoms with Gasteiger partial charge in [-0.3, -0.25) is 0 Å². The van der Waals surface area contributed by atoms with E-state index in [1.165, 1.54) is 0 Å². The molecule has 4 nitrogen and oxygen atoms in total. The molecule has 0 spiro atoms. The Morgan fingerprint density at radius 2 is 1.75 bits per heavy atom. The smallest absolute Gasteiger partial charge is 0.146 e. The molecule has 0 amide bonds. The maximum Gasteiger partial charge on any atom is 0.146 e. The van der Waals surface area contributed by atoms with Crippen LogP contribution in [0.1, 0.15) is 11.5 Å². The average molecular weight is 405 g/mol. The summed E-state index contributed by atoms with van der Waals surface area (Å²) in [5.41, 5.74) is 0. The molecule has 0 saturated carbocycles. The first kappa shape index (κ1) is 15.4. The zero-order valence-corrected chi connectivity index (χ0v) is 14.4. The molecule has 20 heavy (non-hydrogen) atoms. The molecule has 0 fully saturated rings. The lowest BCUT2D eigenvalue weighted by molar-refractivity contribution is 0.263. The van der Waals surface area contributed by atoms with Gasteiger partial charge < -0.3 is 19.2 Å². The van der Waals surface area contributed by atoms with Crippen molar-refractivity contribution in [2.24, 2.45) is 0 Å². The third-order valence-corrected chi connectivity index (χ3v) is 3.88. The fourth-order valence-corrected chi connectivity index (χ4v) is 2.62. The Labute approximate surface area is 134 Å². The lowest BCUT2D eigenvalue weighted by atomic mass is 10.3. The predicted molar refractivity (Wildman–Crippen MR) is 84.2 cm³/mol. The Kier molecular flexibility index (Phi) is 5.51.